The van der Waals surface area contributed by atoms with Gasteiger partial charge in [-0.15, -0.1) is 0 Å². The first-order chi connectivity index (χ1) is 9.93. The lowest BCUT2D eigenvalue weighted by atomic mass is 10.1. The molecule has 6 nitrogen and oxygen atoms in total. The van der Waals surface area contributed by atoms with Gasteiger partial charge < -0.3 is 9.64 Å². The van der Waals surface area contributed by atoms with Crippen molar-refractivity contribution in [1.82, 2.24) is 0 Å². The van der Waals surface area contributed by atoms with E-state index in [1.165, 1.54) is 6.07 Å². The van der Waals surface area contributed by atoms with E-state index >= 15 is 0 Å². The van der Waals surface area contributed by atoms with Gasteiger partial charge in [-0.1, -0.05) is 11.6 Å². The number of nitro groups is 1. The van der Waals surface area contributed by atoms with Gasteiger partial charge in [0.1, 0.15) is 11.6 Å². The summed E-state index contributed by atoms with van der Waals surface area (Å²) in [6.45, 7) is 4.00. The molecule has 0 radical (unpaired) electrons. The van der Waals surface area contributed by atoms with Crippen molar-refractivity contribution in [3.8, 4) is 0 Å². The number of rotatable bonds is 6. The van der Waals surface area contributed by atoms with Crippen LogP contribution in [0.1, 0.15) is 25.3 Å². The maximum absolute atomic E-state index is 11.7. The number of anilines is 1. The highest BCUT2D eigenvalue weighted by atomic mass is 35.5. The number of nitrogens with zero attached hydrogens (tertiary/aromatic N) is 2. The molecule has 114 valence electrons. The van der Waals surface area contributed by atoms with E-state index in [0.717, 1.165) is 24.1 Å². The highest BCUT2D eigenvalue weighted by molar-refractivity contribution is 6.33. The van der Waals surface area contributed by atoms with E-state index in [1.807, 2.05) is 4.90 Å². The molecule has 0 N–H and O–H groups in total. The van der Waals surface area contributed by atoms with Crippen LogP contribution in [0.5, 0.6) is 0 Å². The second kappa shape index (κ2) is 6.30. The fourth-order valence-electron chi connectivity index (χ4n) is 2.25. The third-order valence-electron chi connectivity index (χ3n) is 3.36. The summed E-state index contributed by atoms with van der Waals surface area (Å²) in [5.74, 6) is -0.307. The van der Waals surface area contributed by atoms with Gasteiger partial charge in [-0.2, -0.15) is 0 Å². The van der Waals surface area contributed by atoms with Gasteiger partial charge in [0.15, 0.2) is 0 Å². The summed E-state index contributed by atoms with van der Waals surface area (Å²) in [5, 5.41) is 11.0. The SMILES string of the molecule is CCOC(=O)CN(c1cc(Cl)c([N+](=O)[O-])cc1C)C1CC1. The number of carbonyl (C=O) groups excluding carboxylic acids is 1. The molecule has 1 aliphatic rings. The number of benzene rings is 1. The Morgan fingerprint density at radius 2 is 2.19 bits per heavy atom. The molecule has 0 amide bonds. The average Bonchev–Trinajstić information content (AvgIpc) is 3.23. The number of ether oxygens (including phenoxy) is 1. The van der Waals surface area contributed by atoms with Crippen molar-refractivity contribution in [2.45, 2.75) is 32.7 Å². The summed E-state index contributed by atoms with van der Waals surface area (Å²) in [6, 6.07) is 3.27. The van der Waals surface area contributed by atoms with Crippen LogP contribution in [0.2, 0.25) is 5.02 Å². The predicted octanol–water partition coefficient (Wildman–Crippen LogP) is 3.09. The molecule has 0 saturated heterocycles. The van der Waals surface area contributed by atoms with Crippen LogP contribution in [0, 0.1) is 17.0 Å². The van der Waals surface area contributed by atoms with Crippen LogP contribution in [-0.4, -0.2) is 30.1 Å². The molecular weight excluding hydrogens is 296 g/mol. The predicted molar refractivity (Wildman–Crippen MR) is 79.8 cm³/mol. The van der Waals surface area contributed by atoms with E-state index in [9.17, 15) is 14.9 Å². The van der Waals surface area contributed by atoms with Gasteiger partial charge in [-0.25, -0.2) is 0 Å². The first kappa shape index (κ1) is 15.6. The molecular formula is C14H17ClN2O4. The van der Waals surface area contributed by atoms with Crippen molar-refractivity contribution in [2.24, 2.45) is 0 Å². The van der Waals surface area contributed by atoms with Crippen LogP contribution < -0.4 is 4.90 Å². The lowest BCUT2D eigenvalue weighted by molar-refractivity contribution is -0.384. The summed E-state index contributed by atoms with van der Waals surface area (Å²) in [4.78, 5) is 24.0. The molecule has 0 spiro atoms. The number of esters is 1. The van der Waals surface area contributed by atoms with Gasteiger partial charge in [0.25, 0.3) is 5.69 Å². The smallest absolute Gasteiger partial charge is 0.325 e. The fourth-order valence-corrected chi connectivity index (χ4v) is 2.47. The van der Waals surface area contributed by atoms with Gasteiger partial charge >= 0.3 is 5.97 Å². The second-order valence-corrected chi connectivity index (χ2v) is 5.42. The van der Waals surface area contributed by atoms with Crippen molar-refractivity contribution >= 4 is 28.9 Å². The van der Waals surface area contributed by atoms with Gasteiger partial charge in [0, 0.05) is 17.8 Å². The average molecular weight is 313 g/mol. The maximum Gasteiger partial charge on any atom is 0.325 e. The first-order valence-electron chi connectivity index (χ1n) is 6.80. The van der Waals surface area contributed by atoms with Crippen LogP contribution in [0.4, 0.5) is 11.4 Å². The molecule has 7 heteroatoms. The Kier molecular flexibility index (Phi) is 4.67. The number of aryl methyl sites for hydroxylation is 1. The highest BCUT2D eigenvalue weighted by Crippen LogP contribution is 2.37. The molecule has 0 unspecified atom stereocenters. The number of halogens is 1. The van der Waals surface area contributed by atoms with Crippen molar-refractivity contribution in [2.75, 3.05) is 18.1 Å². The quantitative estimate of drug-likeness (QED) is 0.458. The molecule has 0 bridgehead atoms. The lowest BCUT2D eigenvalue weighted by Gasteiger charge is -2.25. The van der Waals surface area contributed by atoms with Crippen LogP contribution in [0.15, 0.2) is 12.1 Å². The van der Waals surface area contributed by atoms with Gasteiger partial charge in [-0.3, -0.25) is 14.9 Å². The third-order valence-corrected chi connectivity index (χ3v) is 3.67. The molecule has 0 aliphatic heterocycles. The van der Waals surface area contributed by atoms with E-state index < -0.39 is 4.92 Å². The number of hydrogen-bond donors (Lipinski definition) is 0. The second-order valence-electron chi connectivity index (χ2n) is 5.01. The Hall–Kier alpha value is -1.82. The zero-order chi connectivity index (χ0) is 15.6. The lowest BCUT2D eigenvalue weighted by Crippen LogP contribution is -2.33. The minimum absolute atomic E-state index is 0.0788. The van der Waals surface area contributed by atoms with Crippen LogP contribution in [0.3, 0.4) is 0 Å². The summed E-state index contributed by atoms with van der Waals surface area (Å²) < 4.78 is 4.98. The van der Waals surface area contributed by atoms with Gasteiger partial charge in [0.2, 0.25) is 0 Å². The van der Waals surface area contributed by atoms with Crippen LogP contribution in [-0.2, 0) is 9.53 Å². The Bertz CT molecular complexity index is 572. The molecule has 1 saturated carbocycles. The fraction of sp³-hybridized carbons (Fsp3) is 0.500. The Balaban J connectivity index is 2.30. The van der Waals surface area contributed by atoms with E-state index in [1.54, 1.807) is 19.9 Å². The molecule has 0 aromatic heterocycles. The zero-order valence-electron chi connectivity index (χ0n) is 12.0. The summed E-state index contributed by atoms with van der Waals surface area (Å²) in [5.41, 5.74) is 1.35. The van der Waals surface area contributed by atoms with Crippen LogP contribution in [0.25, 0.3) is 0 Å². The summed E-state index contributed by atoms with van der Waals surface area (Å²) in [6.07, 6.45) is 1.99. The van der Waals surface area contributed by atoms with E-state index in [4.69, 9.17) is 16.3 Å². The van der Waals surface area contributed by atoms with E-state index in [0.29, 0.717) is 6.61 Å². The Labute approximate surface area is 127 Å². The molecule has 2 rings (SSSR count). The monoisotopic (exact) mass is 312 g/mol. The molecule has 1 aromatic carbocycles. The van der Waals surface area contributed by atoms with Crippen molar-refractivity contribution in [3.63, 3.8) is 0 Å². The number of hydrogen-bond acceptors (Lipinski definition) is 5. The number of carbonyl (C=O) groups is 1. The normalized spacial score (nSPS) is 13.9. The molecule has 0 heterocycles. The molecule has 1 fully saturated rings. The summed E-state index contributed by atoms with van der Waals surface area (Å²) >= 11 is 5.98. The minimum Gasteiger partial charge on any atom is -0.465 e. The Morgan fingerprint density at radius 1 is 1.52 bits per heavy atom. The van der Waals surface area contributed by atoms with Crippen LogP contribution >= 0.6 is 11.6 Å². The topological polar surface area (TPSA) is 72.7 Å². The maximum atomic E-state index is 11.7. The molecule has 1 aromatic rings. The van der Waals surface area contributed by atoms with Gasteiger partial charge in [0.05, 0.1) is 11.5 Å². The minimum atomic E-state index is -0.508. The standard InChI is InChI=1S/C14H17ClN2O4/c1-3-21-14(18)8-16(10-4-5-10)12-7-11(15)13(17(19)20)6-9(12)2/h6-7,10H,3-5,8H2,1-2H3. The van der Waals surface area contributed by atoms with Crippen molar-refractivity contribution < 1.29 is 14.5 Å². The van der Waals surface area contributed by atoms with Crippen molar-refractivity contribution in [3.05, 3.63) is 32.8 Å². The summed E-state index contributed by atoms with van der Waals surface area (Å²) in [7, 11) is 0. The van der Waals surface area contributed by atoms with E-state index in [2.05, 4.69) is 0 Å². The van der Waals surface area contributed by atoms with Crippen molar-refractivity contribution in [1.29, 1.82) is 0 Å². The molecule has 1 aliphatic carbocycles. The van der Waals surface area contributed by atoms with Gasteiger partial charge in [-0.05, 0) is 38.3 Å². The first-order valence-corrected chi connectivity index (χ1v) is 7.18. The highest BCUT2D eigenvalue weighted by Gasteiger charge is 2.32. The largest absolute Gasteiger partial charge is 0.465 e. The molecule has 21 heavy (non-hydrogen) atoms. The zero-order valence-corrected chi connectivity index (χ0v) is 12.7. The molecule has 0 atom stereocenters. The third kappa shape index (κ3) is 3.64. The van der Waals surface area contributed by atoms with E-state index in [-0.39, 0.29) is 29.3 Å². The number of nitro benzene ring substituents is 1. The Morgan fingerprint density at radius 3 is 2.71 bits per heavy atom.